The molecule has 0 saturated carbocycles. The third-order valence-corrected chi connectivity index (χ3v) is 7.83. The van der Waals surface area contributed by atoms with Crippen LogP contribution < -0.4 is 9.64 Å². The van der Waals surface area contributed by atoms with Crippen LogP contribution in [-0.2, 0) is 9.59 Å². The first-order valence-corrected chi connectivity index (χ1v) is 12.9. The number of carbonyl (C=O) groups is 2. The lowest BCUT2D eigenvalue weighted by atomic mass is 9.96. The number of methoxy groups -OCH3 is 1. The molecule has 6 rings (SSSR count). The van der Waals surface area contributed by atoms with Gasteiger partial charge < -0.3 is 9.84 Å². The number of ketones is 1. The second-order valence-corrected chi connectivity index (χ2v) is 10.4. The number of benzene rings is 2. The van der Waals surface area contributed by atoms with Crippen LogP contribution in [0.5, 0.6) is 5.75 Å². The van der Waals surface area contributed by atoms with Crippen molar-refractivity contribution in [2.75, 3.05) is 12.0 Å². The van der Waals surface area contributed by atoms with Crippen LogP contribution in [0.4, 0.5) is 5.13 Å². The molecular weight excluding hydrogens is 500 g/mol. The highest BCUT2D eigenvalue weighted by Crippen LogP contribution is 2.45. The number of hydrogen-bond acceptors (Lipinski definition) is 7. The average Bonchev–Trinajstić information content (AvgIpc) is 3.55. The quantitative estimate of drug-likeness (QED) is 0.189. The first-order chi connectivity index (χ1) is 18.3. The summed E-state index contributed by atoms with van der Waals surface area (Å²) in [6, 6.07) is 15.7. The number of aliphatic hydroxyl groups is 1. The second kappa shape index (κ2) is 8.81. The van der Waals surface area contributed by atoms with Gasteiger partial charge in [-0.25, -0.2) is 9.97 Å². The maximum Gasteiger partial charge on any atom is 0.301 e. The number of thiazole rings is 1. The van der Waals surface area contributed by atoms with E-state index >= 15 is 0 Å². The Labute approximate surface area is 222 Å². The highest BCUT2D eigenvalue weighted by molar-refractivity contribution is 7.22. The van der Waals surface area contributed by atoms with E-state index in [4.69, 9.17) is 9.72 Å². The van der Waals surface area contributed by atoms with Crippen molar-refractivity contribution < 1.29 is 19.4 Å². The van der Waals surface area contributed by atoms with Gasteiger partial charge in [-0.15, -0.1) is 0 Å². The lowest BCUT2D eigenvalue weighted by Gasteiger charge is -2.23. The fourth-order valence-electron chi connectivity index (χ4n) is 5.12. The molecular formula is C29H24N4O4S. The molecule has 0 bridgehead atoms. The van der Waals surface area contributed by atoms with Crippen molar-refractivity contribution in [1.82, 2.24) is 14.4 Å². The number of amides is 1. The van der Waals surface area contributed by atoms with Crippen LogP contribution in [0.3, 0.4) is 0 Å². The SMILES string of the molecule is COc1ccc(C2C(=C(O)c3c(C)nc4ccccn34)C(=O)C(=O)N2c2nc3c(C)cc(C)cc3s2)cc1. The van der Waals surface area contributed by atoms with Crippen molar-refractivity contribution in [3.8, 4) is 5.75 Å². The summed E-state index contributed by atoms with van der Waals surface area (Å²) in [5.74, 6) is -1.17. The minimum atomic E-state index is -0.892. The summed E-state index contributed by atoms with van der Waals surface area (Å²) in [5, 5.41) is 12.1. The van der Waals surface area contributed by atoms with Gasteiger partial charge >= 0.3 is 5.91 Å². The van der Waals surface area contributed by atoms with Gasteiger partial charge in [0.1, 0.15) is 17.1 Å². The van der Waals surface area contributed by atoms with Crippen LogP contribution in [0.25, 0.3) is 21.6 Å². The predicted octanol–water partition coefficient (Wildman–Crippen LogP) is 5.50. The molecule has 1 amide bonds. The zero-order valence-electron chi connectivity index (χ0n) is 21.2. The molecule has 9 heteroatoms. The van der Waals surface area contributed by atoms with Crippen LogP contribution in [0.1, 0.15) is 34.1 Å². The first kappa shape index (κ1) is 23.9. The molecule has 5 aromatic rings. The van der Waals surface area contributed by atoms with Crippen LogP contribution >= 0.6 is 11.3 Å². The monoisotopic (exact) mass is 524 g/mol. The van der Waals surface area contributed by atoms with Crippen LogP contribution in [0, 0.1) is 20.8 Å². The van der Waals surface area contributed by atoms with Gasteiger partial charge in [-0.3, -0.25) is 18.9 Å². The van der Waals surface area contributed by atoms with Gasteiger partial charge in [-0.1, -0.05) is 35.6 Å². The van der Waals surface area contributed by atoms with E-state index in [1.165, 1.54) is 16.2 Å². The van der Waals surface area contributed by atoms with E-state index in [0.29, 0.717) is 33.5 Å². The molecule has 1 fully saturated rings. The fourth-order valence-corrected chi connectivity index (χ4v) is 6.29. The molecule has 2 aromatic carbocycles. The van der Waals surface area contributed by atoms with E-state index in [9.17, 15) is 14.7 Å². The molecule has 1 unspecified atom stereocenters. The summed E-state index contributed by atoms with van der Waals surface area (Å²) in [4.78, 5) is 38.0. The Morgan fingerprint density at radius 1 is 1.03 bits per heavy atom. The van der Waals surface area contributed by atoms with Gasteiger partial charge in [0.15, 0.2) is 10.9 Å². The largest absolute Gasteiger partial charge is 0.505 e. The van der Waals surface area contributed by atoms with Gasteiger partial charge in [0.25, 0.3) is 5.78 Å². The highest BCUT2D eigenvalue weighted by atomic mass is 32.1. The topological polar surface area (TPSA) is 97.0 Å². The van der Waals surface area contributed by atoms with E-state index < -0.39 is 17.7 Å². The molecule has 190 valence electrons. The Morgan fingerprint density at radius 2 is 1.79 bits per heavy atom. The van der Waals surface area contributed by atoms with Crippen LogP contribution in [0.15, 0.2) is 66.4 Å². The number of carbonyl (C=O) groups excluding carboxylic acids is 2. The van der Waals surface area contributed by atoms with E-state index in [2.05, 4.69) is 4.98 Å². The molecule has 1 aliphatic heterocycles. The Bertz CT molecular complexity index is 1800. The average molecular weight is 525 g/mol. The van der Waals surface area contributed by atoms with Crippen molar-refractivity contribution in [3.63, 3.8) is 0 Å². The summed E-state index contributed by atoms with van der Waals surface area (Å²) in [5.41, 5.74) is 5.02. The molecule has 0 spiro atoms. The Hall–Kier alpha value is -4.50. The summed E-state index contributed by atoms with van der Waals surface area (Å²) < 4.78 is 7.95. The standard InChI is InChI=1S/C29H24N4O4S/c1-15-13-16(2)23-20(14-15)38-29(31-23)33-25(18-8-10-19(37-4)11-9-18)22(27(35)28(33)36)26(34)24-17(3)30-21-7-5-6-12-32(21)24/h5-14,25,34H,1-4H3. The summed E-state index contributed by atoms with van der Waals surface area (Å²) in [7, 11) is 1.57. The van der Waals surface area contributed by atoms with Gasteiger partial charge in [0.2, 0.25) is 0 Å². The Kier molecular flexibility index (Phi) is 5.53. The maximum atomic E-state index is 13.6. The van der Waals surface area contributed by atoms with Gasteiger partial charge in [-0.05, 0) is 67.8 Å². The van der Waals surface area contributed by atoms with Crippen molar-refractivity contribution in [1.29, 1.82) is 0 Å². The molecule has 0 aliphatic carbocycles. The number of aliphatic hydroxyl groups excluding tert-OH is 1. The molecule has 0 radical (unpaired) electrons. The number of Topliss-reactive ketones (excluding diaryl/α,β-unsaturated/α-hetero) is 1. The molecule has 4 heterocycles. The predicted molar refractivity (Wildman–Crippen MR) is 147 cm³/mol. The molecule has 1 N–H and O–H groups in total. The number of fused-ring (bicyclic) bond motifs is 2. The molecule has 3 aromatic heterocycles. The number of nitrogens with zero attached hydrogens (tertiary/aromatic N) is 4. The minimum absolute atomic E-state index is 0.0129. The Balaban J connectivity index is 1.61. The molecule has 1 atom stereocenters. The summed E-state index contributed by atoms with van der Waals surface area (Å²) >= 11 is 1.35. The van der Waals surface area contributed by atoms with E-state index in [1.807, 2.05) is 44.2 Å². The third-order valence-electron chi connectivity index (χ3n) is 6.83. The first-order valence-electron chi connectivity index (χ1n) is 12.0. The molecule has 8 nitrogen and oxygen atoms in total. The summed E-state index contributed by atoms with van der Waals surface area (Å²) in [6.45, 7) is 5.74. The summed E-state index contributed by atoms with van der Waals surface area (Å²) in [6.07, 6.45) is 1.77. The zero-order chi connectivity index (χ0) is 26.7. The lowest BCUT2D eigenvalue weighted by molar-refractivity contribution is -0.132. The molecule has 1 aliphatic rings. The number of anilines is 1. The highest BCUT2D eigenvalue weighted by Gasteiger charge is 2.48. The third kappa shape index (κ3) is 3.58. The zero-order valence-corrected chi connectivity index (χ0v) is 22.0. The molecule has 38 heavy (non-hydrogen) atoms. The minimum Gasteiger partial charge on any atom is -0.505 e. The second-order valence-electron chi connectivity index (χ2n) is 9.34. The normalized spacial score (nSPS) is 17.2. The van der Waals surface area contributed by atoms with Gasteiger partial charge in [0.05, 0.1) is 34.6 Å². The number of imidazole rings is 1. The van der Waals surface area contributed by atoms with Crippen LogP contribution in [-0.4, -0.2) is 38.3 Å². The smallest absolute Gasteiger partial charge is 0.301 e. The van der Waals surface area contributed by atoms with Crippen LogP contribution in [0.2, 0.25) is 0 Å². The van der Waals surface area contributed by atoms with E-state index in [0.717, 1.165) is 21.3 Å². The van der Waals surface area contributed by atoms with Crippen molar-refractivity contribution in [2.24, 2.45) is 0 Å². The maximum absolute atomic E-state index is 13.6. The van der Waals surface area contributed by atoms with Crippen molar-refractivity contribution >= 4 is 49.8 Å². The number of rotatable bonds is 4. The number of aryl methyl sites for hydroxylation is 3. The Morgan fingerprint density at radius 3 is 2.53 bits per heavy atom. The van der Waals surface area contributed by atoms with Gasteiger partial charge in [0, 0.05) is 6.20 Å². The van der Waals surface area contributed by atoms with Crippen molar-refractivity contribution in [2.45, 2.75) is 26.8 Å². The number of pyridine rings is 1. The van der Waals surface area contributed by atoms with E-state index in [1.54, 1.807) is 48.9 Å². The molecule has 1 saturated heterocycles. The number of ether oxygens (including phenoxy) is 1. The fraction of sp³-hybridized carbons (Fsp3) is 0.172. The van der Waals surface area contributed by atoms with Gasteiger partial charge in [-0.2, -0.15) is 0 Å². The number of aromatic nitrogens is 3. The van der Waals surface area contributed by atoms with Crippen molar-refractivity contribution in [3.05, 3.63) is 94.4 Å². The number of hydrogen-bond donors (Lipinski definition) is 1. The van der Waals surface area contributed by atoms with E-state index in [-0.39, 0.29) is 11.3 Å². The lowest BCUT2D eigenvalue weighted by Crippen LogP contribution is -2.29.